The van der Waals surface area contributed by atoms with Crippen LogP contribution in [0.15, 0.2) is 23.1 Å². The highest BCUT2D eigenvalue weighted by Crippen LogP contribution is 2.35. The minimum absolute atomic E-state index is 0.0667. The zero-order valence-electron chi connectivity index (χ0n) is 11.4. The lowest BCUT2D eigenvalue weighted by Gasteiger charge is -2.18. The molecule has 0 unspecified atom stereocenters. The molecule has 1 aromatic carbocycles. The third-order valence-corrected chi connectivity index (χ3v) is 5.31. The van der Waals surface area contributed by atoms with Crippen LogP contribution in [0.2, 0.25) is 0 Å². The number of carbonyl (C=O) groups is 2. The van der Waals surface area contributed by atoms with Gasteiger partial charge >= 0.3 is 5.97 Å². The number of ether oxygens (including phenoxy) is 1. The molecular formula is C13H15NO5S. The number of esters is 1. The van der Waals surface area contributed by atoms with Crippen LogP contribution in [0.3, 0.4) is 0 Å². The van der Waals surface area contributed by atoms with Crippen molar-refractivity contribution in [3.05, 3.63) is 23.8 Å². The molecule has 1 aliphatic heterocycles. The minimum Gasteiger partial charge on any atom is -0.465 e. The summed E-state index contributed by atoms with van der Waals surface area (Å²) in [5, 5.41) is 2.56. The van der Waals surface area contributed by atoms with E-state index in [0.717, 1.165) is 0 Å². The quantitative estimate of drug-likeness (QED) is 0.787. The van der Waals surface area contributed by atoms with E-state index in [1.165, 1.54) is 25.3 Å². The zero-order chi connectivity index (χ0) is 15.1. The first-order valence-corrected chi connectivity index (χ1v) is 7.60. The van der Waals surface area contributed by atoms with E-state index < -0.39 is 27.1 Å². The molecule has 1 aromatic rings. The lowest BCUT2D eigenvalue weighted by atomic mass is 9.95. The van der Waals surface area contributed by atoms with E-state index in [0.29, 0.717) is 0 Å². The highest BCUT2D eigenvalue weighted by atomic mass is 32.2. The number of fused-ring (bicyclic) bond motifs is 1. The average Bonchev–Trinajstić information content (AvgIpc) is 2.41. The van der Waals surface area contributed by atoms with Crippen molar-refractivity contribution in [3.63, 3.8) is 0 Å². The summed E-state index contributed by atoms with van der Waals surface area (Å²) >= 11 is 0. The van der Waals surface area contributed by atoms with E-state index in [9.17, 15) is 18.0 Å². The highest BCUT2D eigenvalue weighted by molar-refractivity contribution is 7.91. The van der Waals surface area contributed by atoms with Crippen molar-refractivity contribution in [1.82, 2.24) is 0 Å². The Kier molecular flexibility index (Phi) is 3.33. The molecule has 108 valence electrons. The first-order chi connectivity index (χ1) is 9.19. The van der Waals surface area contributed by atoms with E-state index in [1.807, 2.05) is 0 Å². The van der Waals surface area contributed by atoms with Crippen LogP contribution in [0.5, 0.6) is 0 Å². The second kappa shape index (κ2) is 4.59. The lowest BCUT2D eigenvalue weighted by molar-refractivity contribution is -0.122. The fourth-order valence-electron chi connectivity index (χ4n) is 2.15. The molecule has 2 rings (SSSR count). The molecule has 0 aromatic heterocycles. The van der Waals surface area contributed by atoms with Gasteiger partial charge in [0.05, 0.1) is 29.5 Å². The smallest absolute Gasteiger partial charge is 0.339 e. The van der Waals surface area contributed by atoms with Crippen LogP contribution >= 0.6 is 0 Å². The zero-order valence-corrected chi connectivity index (χ0v) is 12.2. The highest BCUT2D eigenvalue weighted by Gasteiger charge is 2.40. The van der Waals surface area contributed by atoms with Gasteiger partial charge in [-0.05, 0) is 12.1 Å². The Morgan fingerprint density at radius 3 is 2.60 bits per heavy atom. The molecule has 0 radical (unpaired) electrons. The first-order valence-electron chi connectivity index (χ1n) is 5.94. The molecule has 1 amide bonds. The van der Waals surface area contributed by atoms with E-state index in [2.05, 4.69) is 10.1 Å². The number of hydrogen-bond acceptors (Lipinski definition) is 5. The van der Waals surface area contributed by atoms with Gasteiger partial charge in [-0.15, -0.1) is 0 Å². The van der Waals surface area contributed by atoms with Gasteiger partial charge in [-0.1, -0.05) is 19.9 Å². The molecule has 0 spiro atoms. The molecule has 1 N–H and O–H groups in total. The summed E-state index contributed by atoms with van der Waals surface area (Å²) in [7, 11) is -2.61. The normalized spacial score (nSPS) is 19.4. The van der Waals surface area contributed by atoms with Gasteiger partial charge in [-0.3, -0.25) is 4.79 Å². The topological polar surface area (TPSA) is 89.5 Å². The summed E-state index contributed by atoms with van der Waals surface area (Å²) < 4.78 is 29.6. The van der Waals surface area contributed by atoms with Gasteiger partial charge in [0.15, 0.2) is 9.84 Å². The Labute approximate surface area is 117 Å². The molecule has 1 heterocycles. The number of sulfone groups is 1. The van der Waals surface area contributed by atoms with Crippen LogP contribution < -0.4 is 5.32 Å². The molecule has 0 bridgehead atoms. The molecule has 1 aliphatic rings. The second-order valence-electron chi connectivity index (χ2n) is 5.27. The molecule has 0 saturated carbocycles. The number of amides is 1. The van der Waals surface area contributed by atoms with Crippen LogP contribution in [0.25, 0.3) is 0 Å². The number of methoxy groups -OCH3 is 1. The standard InChI is InChI=1S/C13H15NO5S/c1-13(2)7-20(17,18)10-8(11(15)19-3)5-4-6-9(10)14-12(13)16/h4-6H,7H2,1-3H3,(H,14,16). The predicted octanol–water partition coefficient (Wildman–Crippen LogP) is 1.23. The van der Waals surface area contributed by atoms with Gasteiger partial charge in [-0.2, -0.15) is 0 Å². The Balaban J connectivity index is 2.75. The third kappa shape index (κ3) is 2.29. The average molecular weight is 297 g/mol. The summed E-state index contributed by atoms with van der Waals surface area (Å²) in [4.78, 5) is 23.6. The van der Waals surface area contributed by atoms with Crippen LogP contribution in [0, 0.1) is 5.41 Å². The Morgan fingerprint density at radius 1 is 1.35 bits per heavy atom. The molecular weight excluding hydrogens is 282 g/mol. The van der Waals surface area contributed by atoms with Gasteiger partial charge in [0.1, 0.15) is 4.90 Å². The second-order valence-corrected chi connectivity index (χ2v) is 7.20. The van der Waals surface area contributed by atoms with Gasteiger partial charge in [0.2, 0.25) is 5.91 Å². The minimum atomic E-state index is -3.79. The molecule has 7 heteroatoms. The SMILES string of the molecule is COC(=O)c1cccc2c1S(=O)(=O)CC(C)(C)C(=O)N2. The monoisotopic (exact) mass is 297 g/mol. The molecule has 0 atom stereocenters. The Hall–Kier alpha value is -1.89. The number of benzene rings is 1. The fourth-order valence-corrected chi connectivity index (χ4v) is 4.31. The van der Waals surface area contributed by atoms with Crippen LogP contribution in [-0.2, 0) is 19.4 Å². The molecule has 6 nitrogen and oxygen atoms in total. The summed E-state index contributed by atoms with van der Waals surface area (Å²) in [6, 6.07) is 4.32. The van der Waals surface area contributed by atoms with Gasteiger partial charge < -0.3 is 10.1 Å². The van der Waals surface area contributed by atoms with E-state index in [4.69, 9.17) is 0 Å². The van der Waals surface area contributed by atoms with Crippen molar-refractivity contribution in [2.75, 3.05) is 18.2 Å². The molecule has 0 aliphatic carbocycles. The van der Waals surface area contributed by atoms with Gasteiger partial charge in [0, 0.05) is 0 Å². The summed E-state index contributed by atoms with van der Waals surface area (Å²) in [6.45, 7) is 3.09. The number of carbonyl (C=O) groups excluding carboxylic acids is 2. The number of anilines is 1. The summed E-state index contributed by atoms with van der Waals surface area (Å²) in [5.74, 6) is -1.52. The van der Waals surface area contributed by atoms with Crippen molar-refractivity contribution >= 4 is 27.4 Å². The number of hydrogen-bond donors (Lipinski definition) is 1. The number of nitrogens with one attached hydrogen (secondary N) is 1. The molecule has 0 saturated heterocycles. The maximum absolute atomic E-state index is 12.5. The Bertz CT molecular complexity index is 691. The lowest BCUT2D eigenvalue weighted by Crippen LogP contribution is -2.34. The fraction of sp³-hybridized carbons (Fsp3) is 0.385. The Morgan fingerprint density at radius 2 is 2.00 bits per heavy atom. The predicted molar refractivity (Wildman–Crippen MR) is 72.2 cm³/mol. The van der Waals surface area contributed by atoms with E-state index >= 15 is 0 Å². The van der Waals surface area contributed by atoms with Crippen molar-refractivity contribution in [3.8, 4) is 0 Å². The van der Waals surface area contributed by atoms with E-state index in [-0.39, 0.29) is 21.9 Å². The van der Waals surface area contributed by atoms with Crippen LogP contribution in [-0.4, -0.2) is 33.2 Å². The van der Waals surface area contributed by atoms with Crippen molar-refractivity contribution < 1.29 is 22.7 Å². The maximum Gasteiger partial charge on any atom is 0.339 e. The maximum atomic E-state index is 12.5. The van der Waals surface area contributed by atoms with Gasteiger partial charge in [0.25, 0.3) is 0 Å². The summed E-state index contributed by atoms with van der Waals surface area (Å²) in [5.41, 5.74) is -1.03. The molecule has 20 heavy (non-hydrogen) atoms. The van der Waals surface area contributed by atoms with E-state index in [1.54, 1.807) is 13.8 Å². The van der Waals surface area contributed by atoms with Crippen molar-refractivity contribution in [2.24, 2.45) is 5.41 Å². The van der Waals surface area contributed by atoms with Gasteiger partial charge in [-0.25, -0.2) is 13.2 Å². The largest absolute Gasteiger partial charge is 0.465 e. The van der Waals surface area contributed by atoms with Crippen LogP contribution in [0.1, 0.15) is 24.2 Å². The van der Waals surface area contributed by atoms with Crippen molar-refractivity contribution in [1.29, 1.82) is 0 Å². The number of rotatable bonds is 1. The van der Waals surface area contributed by atoms with Crippen molar-refractivity contribution in [2.45, 2.75) is 18.7 Å². The third-order valence-electron chi connectivity index (χ3n) is 3.15. The molecule has 0 fully saturated rings. The van der Waals surface area contributed by atoms with Crippen LogP contribution in [0.4, 0.5) is 5.69 Å². The first kappa shape index (κ1) is 14.5. The summed E-state index contributed by atoms with van der Waals surface area (Å²) in [6.07, 6.45) is 0.